The predicted octanol–water partition coefficient (Wildman–Crippen LogP) is 4.50. The predicted molar refractivity (Wildman–Crippen MR) is 110 cm³/mol. The second-order valence-electron chi connectivity index (χ2n) is 6.10. The number of hydrogen-bond acceptors (Lipinski definition) is 4. The van der Waals surface area contributed by atoms with Crippen LogP contribution in [0.1, 0.15) is 6.92 Å². The Morgan fingerprint density at radius 3 is 2.18 bits per heavy atom. The normalized spacial score (nSPS) is 11.0. The summed E-state index contributed by atoms with van der Waals surface area (Å²) >= 11 is 0. The maximum Gasteiger partial charge on any atom is 0.323 e. The van der Waals surface area contributed by atoms with Gasteiger partial charge in [-0.15, -0.1) is 0 Å². The number of sulfone groups is 1. The number of benzene rings is 3. The van der Waals surface area contributed by atoms with Crippen molar-refractivity contribution in [3.63, 3.8) is 0 Å². The number of hydrogen-bond donors (Lipinski definition) is 3. The first-order valence-corrected chi connectivity index (χ1v) is 10.3. The highest BCUT2D eigenvalue weighted by Crippen LogP contribution is 2.27. The van der Waals surface area contributed by atoms with Gasteiger partial charge in [0.2, 0.25) is 0 Å². The molecule has 0 saturated carbocycles. The van der Waals surface area contributed by atoms with Crippen LogP contribution in [0.5, 0.6) is 5.75 Å². The molecule has 144 valence electrons. The lowest BCUT2D eigenvalue weighted by molar-refractivity contribution is 0.262. The van der Waals surface area contributed by atoms with Gasteiger partial charge in [0.05, 0.1) is 16.3 Å². The average molecular weight is 396 g/mol. The number of urea groups is 1. The molecule has 0 aliphatic carbocycles. The lowest BCUT2D eigenvalue weighted by atomic mass is 10.1. The Balaban J connectivity index is 1.72. The summed E-state index contributed by atoms with van der Waals surface area (Å²) in [6, 6.07) is 20.3. The number of amides is 2. The minimum absolute atomic E-state index is 0.0212. The molecule has 3 N–H and O–H groups in total. The molecule has 3 aromatic carbocycles. The van der Waals surface area contributed by atoms with Crippen molar-refractivity contribution >= 4 is 27.2 Å². The van der Waals surface area contributed by atoms with Crippen molar-refractivity contribution in [2.24, 2.45) is 0 Å². The SMILES string of the molecule is CCS(=O)(=O)c1ccc(O)c(NC(=O)Nc2ccc(-c3ccccc3)cc2)c1. The minimum atomic E-state index is -3.45. The summed E-state index contributed by atoms with van der Waals surface area (Å²) in [5.41, 5.74) is 2.67. The van der Waals surface area contributed by atoms with Crippen LogP contribution < -0.4 is 10.6 Å². The van der Waals surface area contributed by atoms with Crippen LogP contribution in [0.3, 0.4) is 0 Å². The number of phenolic OH excluding ortho intramolecular Hbond substituents is 1. The molecular weight excluding hydrogens is 376 g/mol. The van der Waals surface area contributed by atoms with Gasteiger partial charge in [0, 0.05) is 5.69 Å². The van der Waals surface area contributed by atoms with E-state index in [0.29, 0.717) is 5.69 Å². The Morgan fingerprint density at radius 1 is 0.893 bits per heavy atom. The summed E-state index contributed by atoms with van der Waals surface area (Å²) in [5.74, 6) is -0.290. The Hall–Kier alpha value is -3.32. The largest absolute Gasteiger partial charge is 0.506 e. The molecule has 3 rings (SSSR count). The van der Waals surface area contributed by atoms with Crippen molar-refractivity contribution in [3.05, 3.63) is 72.8 Å². The first-order chi connectivity index (χ1) is 13.4. The maximum absolute atomic E-state index is 12.2. The Labute approximate surface area is 163 Å². The fraction of sp³-hybridized carbons (Fsp3) is 0.0952. The minimum Gasteiger partial charge on any atom is -0.506 e. The van der Waals surface area contributed by atoms with E-state index in [1.807, 2.05) is 42.5 Å². The van der Waals surface area contributed by atoms with E-state index < -0.39 is 15.9 Å². The lowest BCUT2D eigenvalue weighted by Crippen LogP contribution is -2.19. The zero-order valence-electron chi connectivity index (χ0n) is 15.2. The van der Waals surface area contributed by atoms with E-state index in [2.05, 4.69) is 10.6 Å². The van der Waals surface area contributed by atoms with Crippen molar-refractivity contribution < 1.29 is 18.3 Å². The zero-order chi connectivity index (χ0) is 20.1. The van der Waals surface area contributed by atoms with Crippen LogP contribution in [-0.2, 0) is 9.84 Å². The van der Waals surface area contributed by atoms with E-state index in [0.717, 1.165) is 11.1 Å². The molecule has 0 bridgehead atoms. The molecule has 0 aliphatic rings. The molecule has 0 aliphatic heterocycles. The third kappa shape index (κ3) is 4.50. The number of carbonyl (C=O) groups excluding carboxylic acids is 1. The molecule has 7 heteroatoms. The van der Waals surface area contributed by atoms with Crippen LogP contribution in [0.2, 0.25) is 0 Å². The molecule has 0 spiro atoms. The molecule has 2 amide bonds. The summed E-state index contributed by atoms with van der Waals surface area (Å²) in [5, 5.41) is 15.0. The van der Waals surface area contributed by atoms with Gasteiger partial charge in [-0.1, -0.05) is 49.4 Å². The van der Waals surface area contributed by atoms with Crippen molar-refractivity contribution in [1.29, 1.82) is 0 Å². The van der Waals surface area contributed by atoms with E-state index in [9.17, 15) is 18.3 Å². The lowest BCUT2D eigenvalue weighted by Gasteiger charge is -2.11. The van der Waals surface area contributed by atoms with Crippen LogP contribution in [0.25, 0.3) is 11.1 Å². The first-order valence-electron chi connectivity index (χ1n) is 8.68. The summed E-state index contributed by atoms with van der Waals surface area (Å²) in [7, 11) is -3.45. The van der Waals surface area contributed by atoms with Gasteiger partial charge in [0.1, 0.15) is 5.75 Å². The topological polar surface area (TPSA) is 95.5 Å². The van der Waals surface area contributed by atoms with Crippen LogP contribution in [-0.4, -0.2) is 25.3 Å². The summed E-state index contributed by atoms with van der Waals surface area (Å²) in [4.78, 5) is 12.3. The molecule has 0 fully saturated rings. The standard InChI is InChI=1S/C21H20N2O4S/c1-2-28(26,27)18-12-13-20(24)19(14-18)23-21(25)22-17-10-8-16(9-11-17)15-6-4-3-5-7-15/h3-14,24H,2H2,1H3,(H2,22,23,25). The van der Waals surface area contributed by atoms with Gasteiger partial charge in [-0.2, -0.15) is 0 Å². The van der Waals surface area contributed by atoms with E-state index in [1.54, 1.807) is 12.1 Å². The Morgan fingerprint density at radius 2 is 1.54 bits per heavy atom. The van der Waals surface area contributed by atoms with Crippen LogP contribution in [0, 0.1) is 0 Å². The monoisotopic (exact) mass is 396 g/mol. The van der Waals surface area contributed by atoms with E-state index >= 15 is 0 Å². The maximum atomic E-state index is 12.2. The smallest absolute Gasteiger partial charge is 0.323 e. The van der Waals surface area contributed by atoms with Crippen LogP contribution in [0.4, 0.5) is 16.2 Å². The number of nitrogens with one attached hydrogen (secondary N) is 2. The second-order valence-corrected chi connectivity index (χ2v) is 8.38. The highest BCUT2D eigenvalue weighted by atomic mass is 32.2. The Kier molecular flexibility index (Phi) is 5.65. The van der Waals surface area contributed by atoms with Crippen LogP contribution in [0.15, 0.2) is 77.7 Å². The highest BCUT2D eigenvalue weighted by Gasteiger charge is 2.15. The number of anilines is 2. The summed E-state index contributed by atoms with van der Waals surface area (Å²) < 4.78 is 24.0. The molecule has 0 heterocycles. The zero-order valence-corrected chi connectivity index (χ0v) is 16.0. The third-order valence-electron chi connectivity index (χ3n) is 4.21. The number of aromatic hydroxyl groups is 1. The molecule has 6 nitrogen and oxygen atoms in total. The molecule has 3 aromatic rings. The molecule has 0 aromatic heterocycles. The first kappa shape index (κ1) is 19.4. The van der Waals surface area contributed by atoms with Crippen molar-refractivity contribution in [2.75, 3.05) is 16.4 Å². The van der Waals surface area contributed by atoms with E-state index in [-0.39, 0.29) is 22.1 Å². The number of phenols is 1. The average Bonchev–Trinajstić information content (AvgIpc) is 2.70. The van der Waals surface area contributed by atoms with Gasteiger partial charge in [-0.3, -0.25) is 0 Å². The number of rotatable bonds is 5. The molecule has 0 unspecified atom stereocenters. The summed E-state index contributed by atoms with van der Waals surface area (Å²) in [6.07, 6.45) is 0. The molecule has 0 radical (unpaired) electrons. The molecule has 0 atom stereocenters. The van der Waals surface area contributed by atoms with Crippen molar-refractivity contribution in [2.45, 2.75) is 11.8 Å². The van der Waals surface area contributed by atoms with Gasteiger partial charge in [0.15, 0.2) is 9.84 Å². The van der Waals surface area contributed by atoms with Gasteiger partial charge >= 0.3 is 6.03 Å². The van der Waals surface area contributed by atoms with E-state index in [4.69, 9.17) is 0 Å². The quantitative estimate of drug-likeness (QED) is 0.554. The second kappa shape index (κ2) is 8.14. The molecule has 28 heavy (non-hydrogen) atoms. The van der Waals surface area contributed by atoms with Gasteiger partial charge in [-0.05, 0) is 41.5 Å². The molecule has 0 saturated heterocycles. The van der Waals surface area contributed by atoms with Crippen molar-refractivity contribution in [3.8, 4) is 16.9 Å². The van der Waals surface area contributed by atoms with Crippen LogP contribution >= 0.6 is 0 Å². The van der Waals surface area contributed by atoms with Gasteiger partial charge < -0.3 is 15.7 Å². The molecular formula is C21H20N2O4S. The third-order valence-corrected chi connectivity index (χ3v) is 5.94. The summed E-state index contributed by atoms with van der Waals surface area (Å²) in [6.45, 7) is 1.53. The van der Waals surface area contributed by atoms with E-state index in [1.165, 1.54) is 25.1 Å². The fourth-order valence-corrected chi connectivity index (χ4v) is 3.54. The van der Waals surface area contributed by atoms with Gasteiger partial charge in [0.25, 0.3) is 0 Å². The highest BCUT2D eigenvalue weighted by molar-refractivity contribution is 7.91. The fourth-order valence-electron chi connectivity index (χ4n) is 2.64. The van der Waals surface area contributed by atoms with Gasteiger partial charge in [-0.25, -0.2) is 13.2 Å². The Bertz CT molecular complexity index is 1080. The number of carbonyl (C=O) groups is 1. The van der Waals surface area contributed by atoms with Crippen molar-refractivity contribution in [1.82, 2.24) is 0 Å².